The Morgan fingerprint density at radius 1 is 0.960 bits per heavy atom. The third kappa shape index (κ3) is 4.09. The third-order valence-corrected chi connectivity index (χ3v) is 3.89. The van der Waals surface area contributed by atoms with E-state index in [1.54, 1.807) is 12.1 Å². The van der Waals surface area contributed by atoms with Gasteiger partial charge in [-0.05, 0) is 42.2 Å². The third-order valence-electron chi connectivity index (χ3n) is 3.89. The summed E-state index contributed by atoms with van der Waals surface area (Å²) in [6.45, 7) is 4.22. The highest BCUT2D eigenvalue weighted by Crippen LogP contribution is 2.25. The van der Waals surface area contributed by atoms with E-state index in [4.69, 9.17) is 0 Å². The molecule has 25 heavy (non-hydrogen) atoms. The first-order valence-corrected chi connectivity index (χ1v) is 8.29. The molecular formula is C19H20FN5. The summed E-state index contributed by atoms with van der Waals surface area (Å²) in [4.78, 5) is 4.43. The van der Waals surface area contributed by atoms with Crippen molar-refractivity contribution < 1.29 is 4.39 Å². The van der Waals surface area contributed by atoms with Crippen LogP contribution in [0.1, 0.15) is 25.0 Å². The SMILES string of the molecule is CCc1cccc(CC)c1Nc1nncc(Nc2cccc(F)c2)n1. The van der Waals surface area contributed by atoms with Gasteiger partial charge < -0.3 is 10.6 Å². The highest BCUT2D eigenvalue weighted by Gasteiger charge is 2.09. The molecular weight excluding hydrogens is 317 g/mol. The number of para-hydroxylation sites is 1. The van der Waals surface area contributed by atoms with E-state index in [2.05, 4.69) is 57.9 Å². The fourth-order valence-corrected chi connectivity index (χ4v) is 2.65. The molecule has 0 saturated carbocycles. The Kier molecular flexibility index (Phi) is 5.18. The molecule has 3 aromatic rings. The topological polar surface area (TPSA) is 62.7 Å². The van der Waals surface area contributed by atoms with Crippen molar-refractivity contribution in [1.82, 2.24) is 15.2 Å². The molecule has 0 spiro atoms. The number of aryl methyl sites for hydroxylation is 2. The van der Waals surface area contributed by atoms with Gasteiger partial charge in [-0.15, -0.1) is 5.10 Å². The van der Waals surface area contributed by atoms with E-state index in [0.717, 1.165) is 18.5 Å². The predicted molar refractivity (Wildman–Crippen MR) is 98.0 cm³/mol. The molecule has 0 aliphatic carbocycles. The minimum Gasteiger partial charge on any atom is -0.339 e. The first-order chi connectivity index (χ1) is 12.2. The van der Waals surface area contributed by atoms with E-state index in [9.17, 15) is 4.39 Å². The van der Waals surface area contributed by atoms with E-state index in [1.807, 2.05) is 0 Å². The maximum atomic E-state index is 13.3. The van der Waals surface area contributed by atoms with E-state index in [0.29, 0.717) is 17.5 Å². The van der Waals surface area contributed by atoms with E-state index in [-0.39, 0.29) is 5.82 Å². The summed E-state index contributed by atoms with van der Waals surface area (Å²) in [5.74, 6) is 0.585. The molecule has 0 bridgehead atoms. The van der Waals surface area contributed by atoms with Gasteiger partial charge in [0.2, 0.25) is 5.95 Å². The van der Waals surface area contributed by atoms with Gasteiger partial charge in [0.05, 0.1) is 6.20 Å². The molecule has 0 aliphatic rings. The van der Waals surface area contributed by atoms with Gasteiger partial charge in [-0.3, -0.25) is 0 Å². The fraction of sp³-hybridized carbons (Fsp3) is 0.211. The lowest BCUT2D eigenvalue weighted by Gasteiger charge is -2.14. The van der Waals surface area contributed by atoms with Crippen LogP contribution in [0.3, 0.4) is 0 Å². The van der Waals surface area contributed by atoms with Gasteiger partial charge in [-0.1, -0.05) is 38.1 Å². The van der Waals surface area contributed by atoms with Crippen LogP contribution in [-0.2, 0) is 12.8 Å². The molecule has 0 amide bonds. The summed E-state index contributed by atoms with van der Waals surface area (Å²) in [6.07, 6.45) is 3.32. The zero-order chi connectivity index (χ0) is 17.6. The zero-order valence-electron chi connectivity index (χ0n) is 14.3. The van der Waals surface area contributed by atoms with Gasteiger partial charge in [0, 0.05) is 11.4 Å². The smallest absolute Gasteiger partial charge is 0.249 e. The van der Waals surface area contributed by atoms with Crippen molar-refractivity contribution in [2.75, 3.05) is 10.6 Å². The Labute approximate surface area is 146 Å². The van der Waals surface area contributed by atoms with Gasteiger partial charge in [-0.2, -0.15) is 10.1 Å². The fourth-order valence-electron chi connectivity index (χ4n) is 2.65. The quantitative estimate of drug-likeness (QED) is 0.687. The molecule has 0 saturated heterocycles. The Morgan fingerprint density at radius 2 is 1.68 bits per heavy atom. The molecule has 1 heterocycles. The predicted octanol–water partition coefficient (Wildman–Crippen LogP) is 4.62. The largest absolute Gasteiger partial charge is 0.339 e. The number of nitrogens with one attached hydrogen (secondary N) is 2. The minimum absolute atomic E-state index is 0.310. The number of benzene rings is 2. The molecule has 0 unspecified atom stereocenters. The maximum Gasteiger partial charge on any atom is 0.249 e. The Balaban J connectivity index is 1.85. The Morgan fingerprint density at radius 3 is 2.36 bits per heavy atom. The molecule has 0 fully saturated rings. The van der Waals surface area contributed by atoms with Gasteiger partial charge in [0.15, 0.2) is 5.82 Å². The average Bonchev–Trinajstić information content (AvgIpc) is 2.62. The lowest BCUT2D eigenvalue weighted by atomic mass is 10.0. The lowest BCUT2D eigenvalue weighted by Crippen LogP contribution is -2.06. The summed E-state index contributed by atoms with van der Waals surface area (Å²) >= 11 is 0. The van der Waals surface area contributed by atoms with Gasteiger partial charge >= 0.3 is 0 Å². The molecule has 2 aromatic carbocycles. The molecule has 2 N–H and O–H groups in total. The maximum absolute atomic E-state index is 13.3. The summed E-state index contributed by atoms with van der Waals surface area (Å²) in [6, 6.07) is 12.4. The minimum atomic E-state index is -0.310. The van der Waals surface area contributed by atoms with Gasteiger partial charge in [0.25, 0.3) is 0 Å². The standard InChI is InChI=1S/C19H20FN5/c1-3-13-7-5-8-14(4-2)18(13)24-19-23-17(12-21-25-19)22-16-10-6-9-15(20)11-16/h5-12H,3-4H2,1-2H3,(H2,22,23,24,25). The molecule has 0 radical (unpaired) electrons. The van der Waals surface area contributed by atoms with Crippen LogP contribution in [0.5, 0.6) is 0 Å². The van der Waals surface area contributed by atoms with Gasteiger partial charge in [0.1, 0.15) is 5.82 Å². The number of anilines is 4. The second-order valence-corrected chi connectivity index (χ2v) is 5.58. The number of hydrogen-bond acceptors (Lipinski definition) is 5. The van der Waals surface area contributed by atoms with E-state index >= 15 is 0 Å². The van der Waals surface area contributed by atoms with Crippen LogP contribution in [0, 0.1) is 5.82 Å². The second-order valence-electron chi connectivity index (χ2n) is 5.58. The molecule has 0 atom stereocenters. The summed E-state index contributed by atoms with van der Waals surface area (Å²) in [5.41, 5.74) is 4.03. The molecule has 3 rings (SSSR count). The van der Waals surface area contributed by atoms with Crippen LogP contribution in [0.4, 0.5) is 27.5 Å². The molecule has 5 nitrogen and oxygen atoms in total. The lowest BCUT2D eigenvalue weighted by molar-refractivity contribution is 0.628. The zero-order valence-corrected chi connectivity index (χ0v) is 14.3. The van der Waals surface area contributed by atoms with E-state index < -0.39 is 0 Å². The first kappa shape index (κ1) is 16.8. The van der Waals surface area contributed by atoms with Crippen LogP contribution in [0.25, 0.3) is 0 Å². The molecule has 1 aromatic heterocycles. The van der Waals surface area contributed by atoms with Crippen LogP contribution in [-0.4, -0.2) is 15.2 Å². The van der Waals surface area contributed by atoms with Crippen molar-refractivity contribution in [3.8, 4) is 0 Å². The summed E-state index contributed by atoms with van der Waals surface area (Å²) in [7, 11) is 0. The second kappa shape index (κ2) is 7.70. The van der Waals surface area contributed by atoms with E-state index in [1.165, 1.54) is 29.5 Å². The van der Waals surface area contributed by atoms with Crippen LogP contribution < -0.4 is 10.6 Å². The van der Waals surface area contributed by atoms with Crippen molar-refractivity contribution in [3.05, 3.63) is 65.6 Å². The van der Waals surface area contributed by atoms with Crippen molar-refractivity contribution in [3.63, 3.8) is 0 Å². The van der Waals surface area contributed by atoms with Crippen LogP contribution in [0.15, 0.2) is 48.7 Å². The molecule has 0 aliphatic heterocycles. The Bertz CT molecular complexity index is 844. The van der Waals surface area contributed by atoms with Crippen molar-refractivity contribution in [2.24, 2.45) is 0 Å². The molecule has 128 valence electrons. The van der Waals surface area contributed by atoms with Crippen molar-refractivity contribution >= 4 is 23.1 Å². The normalized spacial score (nSPS) is 10.5. The van der Waals surface area contributed by atoms with Crippen LogP contribution >= 0.6 is 0 Å². The molecule has 6 heteroatoms. The number of halogens is 1. The Hall–Kier alpha value is -3.02. The number of aromatic nitrogens is 3. The summed E-state index contributed by atoms with van der Waals surface area (Å²) in [5, 5.41) is 14.4. The van der Waals surface area contributed by atoms with Crippen molar-refractivity contribution in [2.45, 2.75) is 26.7 Å². The monoisotopic (exact) mass is 337 g/mol. The highest BCUT2D eigenvalue weighted by atomic mass is 19.1. The number of hydrogen-bond donors (Lipinski definition) is 2. The van der Waals surface area contributed by atoms with Crippen molar-refractivity contribution in [1.29, 1.82) is 0 Å². The average molecular weight is 337 g/mol. The number of nitrogens with zero attached hydrogens (tertiary/aromatic N) is 3. The highest BCUT2D eigenvalue weighted by molar-refractivity contribution is 5.64. The van der Waals surface area contributed by atoms with Gasteiger partial charge in [-0.25, -0.2) is 4.39 Å². The summed E-state index contributed by atoms with van der Waals surface area (Å²) < 4.78 is 13.3. The van der Waals surface area contributed by atoms with Crippen LogP contribution in [0.2, 0.25) is 0 Å². The first-order valence-electron chi connectivity index (χ1n) is 8.29. The number of rotatable bonds is 6.